The SMILES string of the molecule is COc1cc(C=O)c(C(=O)Oc2ccc(C(=O)Nc3ccc(OC(=O)c4ccc(OC(=O)c5cc(OC)c(OC)cc5OC)c(OC)c4)cc3)cc2OC)cc1OC. The molecule has 300 valence electrons. The molecule has 0 unspecified atom stereocenters. The Morgan fingerprint density at radius 1 is 0.431 bits per heavy atom. The van der Waals surface area contributed by atoms with Crippen LogP contribution in [0.5, 0.6) is 57.5 Å². The van der Waals surface area contributed by atoms with Gasteiger partial charge in [0.1, 0.15) is 17.1 Å². The summed E-state index contributed by atoms with van der Waals surface area (Å²) in [7, 11) is 9.72. The Balaban J connectivity index is 1.22. The molecule has 0 spiro atoms. The summed E-state index contributed by atoms with van der Waals surface area (Å²) >= 11 is 0. The third-order valence-corrected chi connectivity index (χ3v) is 8.38. The second kappa shape index (κ2) is 18.7. The predicted octanol–water partition coefficient (Wildman–Crippen LogP) is 6.47. The monoisotopic (exact) mass is 795 g/mol. The lowest BCUT2D eigenvalue weighted by atomic mass is 10.1. The normalized spacial score (nSPS) is 10.3. The molecule has 5 rings (SSSR count). The molecule has 16 nitrogen and oxygen atoms in total. The Labute approximate surface area is 332 Å². The van der Waals surface area contributed by atoms with E-state index in [1.807, 2.05) is 0 Å². The largest absolute Gasteiger partial charge is 0.496 e. The van der Waals surface area contributed by atoms with E-state index in [2.05, 4.69) is 5.32 Å². The highest BCUT2D eigenvalue weighted by molar-refractivity contribution is 6.05. The van der Waals surface area contributed by atoms with Crippen molar-refractivity contribution in [3.8, 4) is 57.5 Å². The number of rotatable bonds is 16. The molecule has 1 amide bonds. The molecule has 0 aliphatic carbocycles. The minimum atomic E-state index is -0.871. The summed E-state index contributed by atoms with van der Waals surface area (Å²) in [5.41, 5.74) is 0.628. The van der Waals surface area contributed by atoms with Gasteiger partial charge in [-0.05, 0) is 72.8 Å². The first-order chi connectivity index (χ1) is 28.0. The highest BCUT2D eigenvalue weighted by Gasteiger charge is 2.23. The highest BCUT2D eigenvalue weighted by Crippen LogP contribution is 2.37. The van der Waals surface area contributed by atoms with Crippen molar-refractivity contribution in [2.75, 3.05) is 55.1 Å². The lowest BCUT2D eigenvalue weighted by Gasteiger charge is -2.15. The highest BCUT2D eigenvalue weighted by atomic mass is 16.6. The lowest BCUT2D eigenvalue weighted by Crippen LogP contribution is -2.14. The van der Waals surface area contributed by atoms with Crippen molar-refractivity contribution in [1.82, 2.24) is 0 Å². The summed E-state index contributed by atoms with van der Waals surface area (Å²) in [4.78, 5) is 64.1. The number of carbonyl (C=O) groups is 5. The Hall–Kier alpha value is -7.75. The number of esters is 3. The number of amides is 1. The number of nitrogens with one attached hydrogen (secondary N) is 1. The van der Waals surface area contributed by atoms with Gasteiger partial charge in [-0.1, -0.05) is 0 Å². The van der Waals surface area contributed by atoms with E-state index in [0.29, 0.717) is 17.7 Å². The van der Waals surface area contributed by atoms with Crippen LogP contribution < -0.4 is 52.7 Å². The maximum absolute atomic E-state index is 13.1. The average molecular weight is 796 g/mol. The first-order valence-electron chi connectivity index (χ1n) is 17.0. The van der Waals surface area contributed by atoms with Crippen LogP contribution in [0.3, 0.4) is 0 Å². The van der Waals surface area contributed by atoms with E-state index < -0.39 is 23.8 Å². The number of anilines is 1. The number of methoxy groups -OCH3 is 7. The molecule has 0 heterocycles. The van der Waals surface area contributed by atoms with E-state index in [9.17, 15) is 24.0 Å². The summed E-state index contributed by atoms with van der Waals surface area (Å²) < 4.78 is 53.6. The molecule has 0 aliphatic rings. The quantitative estimate of drug-likeness (QED) is 0.0649. The number of hydrogen-bond donors (Lipinski definition) is 1. The Morgan fingerprint density at radius 2 is 0.879 bits per heavy atom. The van der Waals surface area contributed by atoms with Crippen molar-refractivity contribution >= 4 is 35.8 Å². The number of ether oxygens (including phenoxy) is 10. The molecule has 0 aromatic heterocycles. The van der Waals surface area contributed by atoms with E-state index in [1.165, 1.54) is 135 Å². The molecular formula is C42H37NO15. The average Bonchev–Trinajstić information content (AvgIpc) is 3.25. The fourth-order valence-corrected chi connectivity index (χ4v) is 5.41. The first-order valence-corrected chi connectivity index (χ1v) is 17.0. The lowest BCUT2D eigenvalue weighted by molar-refractivity contribution is 0.0716. The molecule has 0 saturated heterocycles. The fourth-order valence-electron chi connectivity index (χ4n) is 5.41. The topological polar surface area (TPSA) is 190 Å². The number of carbonyl (C=O) groups excluding carboxylic acids is 5. The first kappa shape index (κ1) is 41.4. The summed E-state index contributed by atoms with van der Waals surface area (Å²) in [6.45, 7) is 0. The van der Waals surface area contributed by atoms with Crippen LogP contribution in [-0.4, -0.2) is 79.9 Å². The Kier molecular flexibility index (Phi) is 13.4. The molecule has 0 bridgehead atoms. The summed E-state index contributed by atoms with van der Waals surface area (Å²) in [5, 5.41) is 2.73. The van der Waals surface area contributed by atoms with Crippen molar-refractivity contribution in [3.05, 3.63) is 113 Å². The zero-order valence-electron chi connectivity index (χ0n) is 32.3. The maximum atomic E-state index is 13.1. The number of aldehydes is 1. The van der Waals surface area contributed by atoms with Crippen LogP contribution in [0.4, 0.5) is 5.69 Å². The second-order valence-electron chi connectivity index (χ2n) is 11.7. The second-order valence-corrected chi connectivity index (χ2v) is 11.7. The summed E-state index contributed by atoms with van der Waals surface area (Å²) in [5.74, 6) is -1.29. The van der Waals surface area contributed by atoms with Gasteiger partial charge in [0, 0.05) is 28.9 Å². The minimum absolute atomic E-state index is 0.00889. The van der Waals surface area contributed by atoms with E-state index in [1.54, 1.807) is 0 Å². The van der Waals surface area contributed by atoms with Gasteiger partial charge in [-0.2, -0.15) is 0 Å². The van der Waals surface area contributed by atoms with Gasteiger partial charge in [0.25, 0.3) is 5.91 Å². The zero-order valence-corrected chi connectivity index (χ0v) is 32.3. The van der Waals surface area contributed by atoms with E-state index in [4.69, 9.17) is 47.4 Å². The van der Waals surface area contributed by atoms with E-state index in [-0.39, 0.29) is 79.6 Å². The van der Waals surface area contributed by atoms with Crippen molar-refractivity contribution in [2.24, 2.45) is 0 Å². The van der Waals surface area contributed by atoms with E-state index >= 15 is 0 Å². The summed E-state index contributed by atoms with van der Waals surface area (Å²) in [6, 6.07) is 19.9. The number of benzene rings is 5. The van der Waals surface area contributed by atoms with Crippen LogP contribution in [0, 0.1) is 0 Å². The third-order valence-electron chi connectivity index (χ3n) is 8.38. The van der Waals surface area contributed by atoms with Crippen LogP contribution in [-0.2, 0) is 0 Å². The van der Waals surface area contributed by atoms with Gasteiger partial charge < -0.3 is 52.7 Å². The molecule has 5 aromatic rings. The molecule has 0 saturated carbocycles. The van der Waals surface area contributed by atoms with Gasteiger partial charge in [-0.25, -0.2) is 14.4 Å². The molecule has 0 radical (unpaired) electrons. The molecule has 0 atom stereocenters. The smallest absolute Gasteiger partial charge is 0.347 e. The van der Waals surface area contributed by atoms with Crippen LogP contribution in [0.15, 0.2) is 84.9 Å². The number of hydrogen-bond acceptors (Lipinski definition) is 15. The van der Waals surface area contributed by atoms with Crippen LogP contribution in [0.2, 0.25) is 0 Å². The van der Waals surface area contributed by atoms with Crippen LogP contribution >= 0.6 is 0 Å². The van der Waals surface area contributed by atoms with Crippen molar-refractivity contribution in [2.45, 2.75) is 0 Å². The Bertz CT molecular complexity index is 2350. The molecule has 1 N–H and O–H groups in total. The predicted molar refractivity (Wildman–Crippen MR) is 206 cm³/mol. The minimum Gasteiger partial charge on any atom is -0.496 e. The molecule has 16 heteroatoms. The molecule has 0 aliphatic heterocycles. The van der Waals surface area contributed by atoms with E-state index in [0.717, 1.165) is 0 Å². The van der Waals surface area contributed by atoms with Crippen LogP contribution in [0.1, 0.15) is 51.8 Å². The van der Waals surface area contributed by atoms with Gasteiger partial charge >= 0.3 is 17.9 Å². The third kappa shape index (κ3) is 9.19. The zero-order chi connectivity index (χ0) is 41.9. The van der Waals surface area contributed by atoms with Gasteiger partial charge in [0.15, 0.2) is 52.3 Å². The standard InChI is InChI=1S/C42H37NO15/c1-49-32-21-38(55-7)37(54-6)20-29(32)42(48)58-31-15-9-24(17-34(31)51-3)40(46)56-27-12-10-26(11-13-27)43-39(45)23-8-14-30(33(16-23)50-2)57-41(47)28-19-36(53-5)35(52-4)18-25(28)22-44/h8-22H,1-7H3,(H,43,45). The Morgan fingerprint density at radius 3 is 1.41 bits per heavy atom. The van der Waals surface area contributed by atoms with Crippen molar-refractivity contribution < 1.29 is 71.3 Å². The maximum Gasteiger partial charge on any atom is 0.347 e. The molecular weight excluding hydrogens is 758 g/mol. The van der Waals surface area contributed by atoms with Gasteiger partial charge in [-0.3, -0.25) is 9.59 Å². The van der Waals surface area contributed by atoms with Crippen LogP contribution in [0.25, 0.3) is 0 Å². The summed E-state index contributed by atoms with van der Waals surface area (Å²) in [6.07, 6.45) is 0.486. The van der Waals surface area contributed by atoms with Gasteiger partial charge in [-0.15, -0.1) is 0 Å². The molecule has 58 heavy (non-hydrogen) atoms. The fraction of sp³-hybridized carbons (Fsp3) is 0.167. The molecule has 5 aromatic carbocycles. The molecule has 0 fully saturated rings. The van der Waals surface area contributed by atoms with Crippen molar-refractivity contribution in [1.29, 1.82) is 0 Å². The van der Waals surface area contributed by atoms with Gasteiger partial charge in [0.2, 0.25) is 0 Å². The van der Waals surface area contributed by atoms with Gasteiger partial charge in [0.05, 0.1) is 60.9 Å². The van der Waals surface area contributed by atoms with Crippen molar-refractivity contribution in [3.63, 3.8) is 0 Å².